The summed E-state index contributed by atoms with van der Waals surface area (Å²) >= 11 is 0. The predicted molar refractivity (Wildman–Crippen MR) is 71.5 cm³/mol. The number of rotatable bonds is 2. The maximum Gasteiger partial charge on any atom is 0.137 e. The third-order valence-corrected chi connectivity index (χ3v) is 3.59. The molecule has 1 fully saturated rings. The Kier molecular flexibility index (Phi) is 3.06. The Morgan fingerprint density at radius 1 is 1.50 bits per heavy atom. The molecule has 2 aromatic heterocycles. The van der Waals surface area contributed by atoms with Crippen molar-refractivity contribution in [3.8, 4) is 0 Å². The summed E-state index contributed by atoms with van der Waals surface area (Å²) in [6, 6.07) is 6.75. The SMILES string of the molecule is CC(C)N1CCOC(c2cc3cccnc3[nH]2)C1. The lowest BCUT2D eigenvalue weighted by Gasteiger charge is -2.35. The Morgan fingerprint density at radius 3 is 3.17 bits per heavy atom. The van der Waals surface area contributed by atoms with E-state index in [0.29, 0.717) is 6.04 Å². The first-order valence-corrected chi connectivity index (χ1v) is 6.53. The van der Waals surface area contributed by atoms with Crippen molar-refractivity contribution in [3.63, 3.8) is 0 Å². The van der Waals surface area contributed by atoms with Crippen molar-refractivity contribution in [3.05, 3.63) is 30.1 Å². The maximum absolute atomic E-state index is 5.87. The van der Waals surface area contributed by atoms with E-state index in [1.165, 1.54) is 0 Å². The highest BCUT2D eigenvalue weighted by atomic mass is 16.5. The van der Waals surface area contributed by atoms with Gasteiger partial charge in [-0.2, -0.15) is 0 Å². The van der Waals surface area contributed by atoms with Gasteiger partial charge in [-0.25, -0.2) is 4.98 Å². The van der Waals surface area contributed by atoms with E-state index in [0.717, 1.165) is 36.4 Å². The van der Waals surface area contributed by atoms with Crippen LogP contribution in [0.15, 0.2) is 24.4 Å². The van der Waals surface area contributed by atoms with Gasteiger partial charge in [0.2, 0.25) is 0 Å². The molecule has 1 aliphatic rings. The number of aromatic amines is 1. The molecule has 1 N–H and O–H groups in total. The lowest BCUT2D eigenvalue weighted by Crippen LogP contribution is -2.42. The smallest absolute Gasteiger partial charge is 0.137 e. The third-order valence-electron chi connectivity index (χ3n) is 3.59. The average Bonchev–Trinajstić information content (AvgIpc) is 2.82. The number of fused-ring (bicyclic) bond motifs is 1. The van der Waals surface area contributed by atoms with Crippen molar-refractivity contribution in [2.75, 3.05) is 19.7 Å². The standard InChI is InChI=1S/C14H19N3O/c1-10(2)17-6-7-18-13(9-17)12-8-11-4-3-5-15-14(11)16-12/h3-5,8,10,13H,6-7,9H2,1-2H3,(H,15,16). The normalized spacial score (nSPS) is 21.8. The molecule has 0 aliphatic carbocycles. The second-order valence-corrected chi connectivity index (χ2v) is 5.11. The summed E-state index contributed by atoms with van der Waals surface area (Å²) in [5.74, 6) is 0. The van der Waals surface area contributed by atoms with Gasteiger partial charge in [-0.1, -0.05) is 0 Å². The van der Waals surface area contributed by atoms with E-state index in [4.69, 9.17) is 4.74 Å². The summed E-state index contributed by atoms with van der Waals surface area (Å²) in [7, 11) is 0. The van der Waals surface area contributed by atoms with Gasteiger partial charge < -0.3 is 9.72 Å². The van der Waals surface area contributed by atoms with Gasteiger partial charge in [0.25, 0.3) is 0 Å². The average molecular weight is 245 g/mol. The maximum atomic E-state index is 5.87. The number of morpholine rings is 1. The van der Waals surface area contributed by atoms with Crippen LogP contribution in [0.1, 0.15) is 25.6 Å². The third kappa shape index (κ3) is 2.13. The Hall–Kier alpha value is -1.39. The molecule has 1 aliphatic heterocycles. The molecule has 2 aromatic rings. The van der Waals surface area contributed by atoms with E-state index in [2.05, 4.69) is 40.8 Å². The van der Waals surface area contributed by atoms with Crippen LogP contribution in [-0.2, 0) is 4.74 Å². The number of hydrogen-bond donors (Lipinski definition) is 1. The van der Waals surface area contributed by atoms with Gasteiger partial charge in [-0.15, -0.1) is 0 Å². The predicted octanol–water partition coefficient (Wildman–Crippen LogP) is 2.34. The monoisotopic (exact) mass is 245 g/mol. The lowest BCUT2D eigenvalue weighted by molar-refractivity contribution is -0.0418. The second kappa shape index (κ2) is 4.71. The van der Waals surface area contributed by atoms with Gasteiger partial charge in [-0.3, -0.25) is 4.90 Å². The fourth-order valence-electron chi connectivity index (χ4n) is 2.48. The van der Waals surface area contributed by atoms with Crippen LogP contribution in [0.3, 0.4) is 0 Å². The lowest BCUT2D eigenvalue weighted by atomic mass is 10.1. The summed E-state index contributed by atoms with van der Waals surface area (Å²) in [5.41, 5.74) is 2.08. The molecule has 3 heterocycles. The van der Waals surface area contributed by atoms with E-state index >= 15 is 0 Å². The van der Waals surface area contributed by atoms with Gasteiger partial charge in [0, 0.05) is 36.4 Å². The molecule has 0 radical (unpaired) electrons. The van der Waals surface area contributed by atoms with Crippen molar-refractivity contribution >= 4 is 11.0 Å². The van der Waals surface area contributed by atoms with Gasteiger partial charge in [0.1, 0.15) is 11.8 Å². The largest absolute Gasteiger partial charge is 0.369 e. The first-order chi connectivity index (χ1) is 8.74. The van der Waals surface area contributed by atoms with Crippen LogP contribution in [0.25, 0.3) is 11.0 Å². The number of H-pyrrole nitrogens is 1. The summed E-state index contributed by atoms with van der Waals surface area (Å²) in [6.07, 6.45) is 1.94. The molecular weight excluding hydrogens is 226 g/mol. The molecule has 1 atom stereocenters. The fraction of sp³-hybridized carbons (Fsp3) is 0.500. The van der Waals surface area contributed by atoms with Gasteiger partial charge in [0.05, 0.1) is 6.61 Å². The summed E-state index contributed by atoms with van der Waals surface area (Å²) in [6.45, 7) is 7.23. The summed E-state index contributed by atoms with van der Waals surface area (Å²) in [4.78, 5) is 10.1. The molecule has 3 rings (SSSR count). The van der Waals surface area contributed by atoms with Crippen LogP contribution in [0.5, 0.6) is 0 Å². The van der Waals surface area contributed by atoms with Crippen LogP contribution >= 0.6 is 0 Å². The molecule has 0 saturated carbocycles. The van der Waals surface area contributed by atoms with Crippen molar-refractivity contribution < 1.29 is 4.74 Å². The highest BCUT2D eigenvalue weighted by molar-refractivity contribution is 5.76. The molecule has 0 aromatic carbocycles. The van der Waals surface area contributed by atoms with Gasteiger partial charge >= 0.3 is 0 Å². The minimum absolute atomic E-state index is 0.135. The first kappa shape index (κ1) is 11.7. The van der Waals surface area contributed by atoms with Crippen LogP contribution in [0.4, 0.5) is 0 Å². The molecule has 1 unspecified atom stereocenters. The Bertz CT molecular complexity index is 502. The molecular formula is C14H19N3O. The van der Waals surface area contributed by atoms with E-state index < -0.39 is 0 Å². The highest BCUT2D eigenvalue weighted by Gasteiger charge is 2.24. The molecule has 0 amide bonds. The van der Waals surface area contributed by atoms with E-state index in [1.807, 2.05) is 12.3 Å². The fourth-order valence-corrected chi connectivity index (χ4v) is 2.48. The zero-order valence-electron chi connectivity index (χ0n) is 10.9. The number of nitrogens with zero attached hydrogens (tertiary/aromatic N) is 2. The molecule has 1 saturated heterocycles. The summed E-state index contributed by atoms with van der Waals surface area (Å²) in [5, 5.41) is 1.15. The topological polar surface area (TPSA) is 41.1 Å². The molecule has 96 valence electrons. The number of pyridine rings is 1. The highest BCUT2D eigenvalue weighted by Crippen LogP contribution is 2.25. The number of aromatic nitrogens is 2. The molecule has 4 heteroatoms. The van der Waals surface area contributed by atoms with Crippen LogP contribution < -0.4 is 0 Å². The number of nitrogens with one attached hydrogen (secondary N) is 1. The van der Waals surface area contributed by atoms with Crippen molar-refractivity contribution in [1.29, 1.82) is 0 Å². The van der Waals surface area contributed by atoms with E-state index in [-0.39, 0.29) is 6.10 Å². The van der Waals surface area contributed by atoms with Crippen LogP contribution in [0, 0.1) is 0 Å². The van der Waals surface area contributed by atoms with Gasteiger partial charge in [-0.05, 0) is 32.0 Å². The van der Waals surface area contributed by atoms with E-state index in [1.54, 1.807) is 0 Å². The second-order valence-electron chi connectivity index (χ2n) is 5.11. The molecule has 0 bridgehead atoms. The Labute approximate surface area is 107 Å². The minimum atomic E-state index is 0.135. The van der Waals surface area contributed by atoms with Crippen LogP contribution in [0.2, 0.25) is 0 Å². The zero-order valence-corrected chi connectivity index (χ0v) is 10.9. The molecule has 0 spiro atoms. The summed E-state index contributed by atoms with van der Waals surface area (Å²) < 4.78 is 5.87. The van der Waals surface area contributed by atoms with Crippen molar-refractivity contribution in [1.82, 2.24) is 14.9 Å². The quantitative estimate of drug-likeness (QED) is 0.883. The zero-order chi connectivity index (χ0) is 12.5. The number of ether oxygens (including phenoxy) is 1. The van der Waals surface area contributed by atoms with Crippen molar-refractivity contribution in [2.45, 2.75) is 26.0 Å². The molecule has 4 nitrogen and oxygen atoms in total. The Morgan fingerprint density at radius 2 is 2.39 bits per heavy atom. The van der Waals surface area contributed by atoms with Crippen molar-refractivity contribution in [2.24, 2.45) is 0 Å². The van der Waals surface area contributed by atoms with Crippen LogP contribution in [-0.4, -0.2) is 40.6 Å². The van der Waals surface area contributed by atoms with E-state index in [9.17, 15) is 0 Å². The first-order valence-electron chi connectivity index (χ1n) is 6.53. The number of hydrogen-bond acceptors (Lipinski definition) is 3. The minimum Gasteiger partial charge on any atom is -0.369 e. The molecule has 18 heavy (non-hydrogen) atoms. The van der Waals surface area contributed by atoms with Gasteiger partial charge in [0.15, 0.2) is 0 Å². The Balaban J connectivity index is 1.85.